The first kappa shape index (κ1) is 11.8. The van der Waals surface area contributed by atoms with E-state index in [9.17, 15) is 9.18 Å². The molecule has 0 unspecified atom stereocenters. The highest BCUT2D eigenvalue weighted by molar-refractivity contribution is 5.67. The number of hydrogen-bond acceptors (Lipinski definition) is 3. The third-order valence-electron chi connectivity index (χ3n) is 3.17. The van der Waals surface area contributed by atoms with Crippen LogP contribution in [0.25, 0.3) is 0 Å². The van der Waals surface area contributed by atoms with Crippen molar-refractivity contribution < 1.29 is 14.3 Å². The van der Waals surface area contributed by atoms with E-state index in [2.05, 4.69) is 4.98 Å². The van der Waals surface area contributed by atoms with E-state index < -0.39 is 5.97 Å². The average Bonchev–Trinajstić information content (AvgIpc) is 2.30. The molecule has 2 rings (SSSR count). The minimum atomic E-state index is -0.751. The van der Waals surface area contributed by atoms with Crippen molar-refractivity contribution in [3.05, 3.63) is 24.3 Å². The highest BCUT2D eigenvalue weighted by atomic mass is 19.1. The summed E-state index contributed by atoms with van der Waals surface area (Å²) in [7, 11) is 0. The van der Waals surface area contributed by atoms with E-state index in [1.54, 1.807) is 12.3 Å². The van der Waals surface area contributed by atoms with Crippen molar-refractivity contribution in [2.24, 2.45) is 5.92 Å². The monoisotopic (exact) mass is 238 g/mol. The molecule has 0 spiro atoms. The zero-order valence-corrected chi connectivity index (χ0v) is 9.47. The molecule has 0 atom stereocenters. The Balaban J connectivity index is 1.95. The summed E-state index contributed by atoms with van der Waals surface area (Å²) < 4.78 is 13.5. The topological polar surface area (TPSA) is 53.4 Å². The maximum absolute atomic E-state index is 13.5. The number of anilines is 1. The van der Waals surface area contributed by atoms with Crippen molar-refractivity contribution in [3.63, 3.8) is 0 Å². The fourth-order valence-corrected chi connectivity index (χ4v) is 2.25. The summed E-state index contributed by atoms with van der Waals surface area (Å²) in [5.41, 5.74) is 0.564. The Morgan fingerprint density at radius 2 is 2.24 bits per heavy atom. The van der Waals surface area contributed by atoms with Crippen LogP contribution in [0.5, 0.6) is 0 Å². The van der Waals surface area contributed by atoms with Gasteiger partial charge in [-0.25, -0.2) is 4.39 Å². The van der Waals surface area contributed by atoms with Gasteiger partial charge in [-0.3, -0.25) is 9.78 Å². The van der Waals surface area contributed by atoms with Crippen LogP contribution in [-0.2, 0) is 4.79 Å². The molecule has 92 valence electrons. The Labute approximate surface area is 99.1 Å². The molecule has 1 saturated heterocycles. The second-order valence-corrected chi connectivity index (χ2v) is 4.36. The van der Waals surface area contributed by atoms with Crippen LogP contribution in [0.4, 0.5) is 10.1 Å². The van der Waals surface area contributed by atoms with Gasteiger partial charge in [0.25, 0.3) is 0 Å². The molecule has 2 heterocycles. The van der Waals surface area contributed by atoms with Crippen LogP contribution in [0, 0.1) is 11.7 Å². The number of nitrogens with zero attached hydrogens (tertiary/aromatic N) is 2. The fourth-order valence-electron chi connectivity index (χ4n) is 2.25. The molecule has 1 fully saturated rings. The maximum atomic E-state index is 13.5. The van der Waals surface area contributed by atoms with Crippen LogP contribution in [0.1, 0.15) is 19.3 Å². The smallest absolute Gasteiger partial charge is 0.303 e. The minimum absolute atomic E-state index is 0.215. The largest absolute Gasteiger partial charge is 0.481 e. The molecule has 1 aromatic rings. The van der Waals surface area contributed by atoms with Gasteiger partial charge in [0.15, 0.2) is 5.82 Å². The average molecular weight is 238 g/mol. The van der Waals surface area contributed by atoms with Gasteiger partial charge in [-0.15, -0.1) is 0 Å². The molecule has 17 heavy (non-hydrogen) atoms. The van der Waals surface area contributed by atoms with Gasteiger partial charge in [-0.2, -0.15) is 0 Å². The van der Waals surface area contributed by atoms with Crippen molar-refractivity contribution >= 4 is 11.7 Å². The van der Waals surface area contributed by atoms with Crippen molar-refractivity contribution in [2.75, 3.05) is 18.0 Å². The van der Waals surface area contributed by atoms with Gasteiger partial charge in [0.05, 0.1) is 11.9 Å². The standard InChI is InChI=1S/C12H15FN2O2/c13-10-8-14-4-1-11(10)15-5-2-9(3-6-15)7-12(16)17/h1,4,8-9H,2-3,5-7H2,(H,16,17). The number of carboxylic acid groups (broad SMARTS) is 1. The number of hydrogen-bond donors (Lipinski definition) is 1. The molecule has 1 N–H and O–H groups in total. The molecule has 1 aliphatic rings. The normalized spacial score (nSPS) is 17.1. The molecule has 0 aliphatic carbocycles. The highest BCUT2D eigenvalue weighted by Crippen LogP contribution is 2.26. The van der Waals surface area contributed by atoms with Crippen LogP contribution < -0.4 is 4.90 Å². The molecule has 0 bridgehead atoms. The molecular weight excluding hydrogens is 223 g/mol. The number of piperidine rings is 1. The lowest BCUT2D eigenvalue weighted by Gasteiger charge is -2.33. The van der Waals surface area contributed by atoms with Crippen molar-refractivity contribution in [2.45, 2.75) is 19.3 Å². The fraction of sp³-hybridized carbons (Fsp3) is 0.500. The first-order chi connectivity index (χ1) is 8.16. The van der Waals surface area contributed by atoms with Crippen molar-refractivity contribution in [1.82, 2.24) is 4.98 Å². The second-order valence-electron chi connectivity index (χ2n) is 4.36. The summed E-state index contributed by atoms with van der Waals surface area (Å²) in [5.74, 6) is -0.851. The molecule has 5 heteroatoms. The lowest BCUT2D eigenvalue weighted by atomic mass is 9.93. The summed E-state index contributed by atoms with van der Waals surface area (Å²) in [6.07, 6.45) is 4.59. The second kappa shape index (κ2) is 5.12. The van der Waals surface area contributed by atoms with Gasteiger partial charge in [0, 0.05) is 25.7 Å². The van der Waals surface area contributed by atoms with Gasteiger partial charge >= 0.3 is 5.97 Å². The zero-order chi connectivity index (χ0) is 12.3. The lowest BCUT2D eigenvalue weighted by Crippen LogP contribution is -2.34. The van der Waals surface area contributed by atoms with Crippen LogP contribution in [0.15, 0.2) is 18.5 Å². The summed E-state index contributed by atoms with van der Waals surface area (Å²) in [5, 5.41) is 8.71. The summed E-state index contributed by atoms with van der Waals surface area (Å²) in [6.45, 7) is 1.41. The summed E-state index contributed by atoms with van der Waals surface area (Å²) >= 11 is 0. The van der Waals surface area contributed by atoms with E-state index in [4.69, 9.17) is 5.11 Å². The van der Waals surface area contributed by atoms with E-state index >= 15 is 0 Å². The van der Waals surface area contributed by atoms with Gasteiger partial charge in [0.1, 0.15) is 0 Å². The molecule has 1 aliphatic heterocycles. The molecule has 0 aromatic carbocycles. The molecular formula is C12H15FN2O2. The molecule has 1 aromatic heterocycles. The number of rotatable bonds is 3. The van der Waals surface area contributed by atoms with Crippen LogP contribution in [0.2, 0.25) is 0 Å². The minimum Gasteiger partial charge on any atom is -0.481 e. The van der Waals surface area contributed by atoms with E-state index in [0.29, 0.717) is 18.8 Å². The summed E-state index contributed by atoms with van der Waals surface area (Å²) in [4.78, 5) is 16.3. The van der Waals surface area contributed by atoms with Crippen LogP contribution in [-0.4, -0.2) is 29.1 Å². The number of aliphatic carboxylic acids is 1. The van der Waals surface area contributed by atoms with Gasteiger partial charge in [0.2, 0.25) is 0 Å². The van der Waals surface area contributed by atoms with Crippen molar-refractivity contribution in [1.29, 1.82) is 0 Å². The first-order valence-electron chi connectivity index (χ1n) is 5.73. The van der Waals surface area contributed by atoms with E-state index in [1.807, 2.05) is 4.90 Å². The summed E-state index contributed by atoms with van der Waals surface area (Å²) in [6, 6.07) is 1.66. The van der Waals surface area contributed by atoms with Gasteiger partial charge < -0.3 is 10.0 Å². The highest BCUT2D eigenvalue weighted by Gasteiger charge is 2.22. The molecule has 0 amide bonds. The Morgan fingerprint density at radius 3 is 2.82 bits per heavy atom. The Kier molecular flexibility index (Phi) is 3.56. The van der Waals surface area contributed by atoms with Gasteiger partial charge in [-0.05, 0) is 24.8 Å². The first-order valence-corrected chi connectivity index (χ1v) is 5.73. The van der Waals surface area contributed by atoms with E-state index in [-0.39, 0.29) is 18.2 Å². The third kappa shape index (κ3) is 2.93. The SMILES string of the molecule is O=C(O)CC1CCN(c2ccncc2F)CC1. The lowest BCUT2D eigenvalue weighted by molar-refractivity contribution is -0.138. The Bertz CT molecular complexity index is 403. The van der Waals surface area contributed by atoms with Crippen LogP contribution in [0.3, 0.4) is 0 Å². The number of carboxylic acids is 1. The quantitative estimate of drug-likeness (QED) is 0.874. The van der Waals surface area contributed by atoms with E-state index in [0.717, 1.165) is 12.8 Å². The van der Waals surface area contributed by atoms with Gasteiger partial charge in [-0.1, -0.05) is 0 Å². The number of halogens is 1. The number of carbonyl (C=O) groups is 1. The van der Waals surface area contributed by atoms with Crippen molar-refractivity contribution in [3.8, 4) is 0 Å². The Hall–Kier alpha value is -1.65. The third-order valence-corrected chi connectivity index (χ3v) is 3.17. The molecule has 0 radical (unpaired) electrons. The van der Waals surface area contributed by atoms with E-state index in [1.165, 1.54) is 6.20 Å². The Morgan fingerprint density at radius 1 is 1.53 bits per heavy atom. The number of pyridine rings is 1. The molecule has 0 saturated carbocycles. The predicted octanol–water partition coefficient (Wildman–Crippen LogP) is 1.91. The zero-order valence-electron chi connectivity index (χ0n) is 9.47. The maximum Gasteiger partial charge on any atom is 0.303 e. The number of aromatic nitrogens is 1. The van der Waals surface area contributed by atoms with Crippen LogP contribution >= 0.6 is 0 Å². The molecule has 4 nitrogen and oxygen atoms in total. The predicted molar refractivity (Wildman–Crippen MR) is 61.4 cm³/mol.